The van der Waals surface area contributed by atoms with E-state index in [2.05, 4.69) is 0 Å². The minimum absolute atomic E-state index is 0.0680. The van der Waals surface area contributed by atoms with E-state index in [-0.39, 0.29) is 12.5 Å². The summed E-state index contributed by atoms with van der Waals surface area (Å²) in [7, 11) is 0. The average Bonchev–Trinajstić information content (AvgIpc) is 2.46. The molecule has 1 amide bonds. The highest BCUT2D eigenvalue weighted by atomic mass is 35.5. The summed E-state index contributed by atoms with van der Waals surface area (Å²) in [4.78, 5) is 25.6. The van der Waals surface area contributed by atoms with Crippen molar-refractivity contribution in [2.24, 2.45) is 5.92 Å². The van der Waals surface area contributed by atoms with Crippen LogP contribution in [0.5, 0.6) is 0 Å². The maximum Gasteiger partial charge on any atom is 0.308 e. The first-order valence-electron chi connectivity index (χ1n) is 7.11. The van der Waals surface area contributed by atoms with Crippen LogP contribution in [0, 0.1) is 5.92 Å². The van der Waals surface area contributed by atoms with Crippen LogP contribution in [-0.2, 0) is 15.0 Å². The smallest absolute Gasteiger partial charge is 0.308 e. The van der Waals surface area contributed by atoms with Gasteiger partial charge in [-0.2, -0.15) is 0 Å². The fourth-order valence-corrected chi connectivity index (χ4v) is 3.21. The van der Waals surface area contributed by atoms with Gasteiger partial charge in [-0.1, -0.05) is 29.8 Å². The fourth-order valence-electron chi connectivity index (χ4n) is 2.84. The molecule has 1 N–H and O–H groups in total. The number of carbonyl (C=O) groups excluding carboxylic acids is 1. The van der Waals surface area contributed by atoms with Crippen LogP contribution in [0.25, 0.3) is 0 Å². The number of halogens is 1. The van der Waals surface area contributed by atoms with Gasteiger partial charge in [-0.15, -0.1) is 0 Å². The van der Waals surface area contributed by atoms with Crippen LogP contribution in [-0.4, -0.2) is 35.0 Å². The van der Waals surface area contributed by atoms with Crippen molar-refractivity contribution in [1.82, 2.24) is 4.90 Å². The van der Waals surface area contributed by atoms with E-state index in [1.165, 1.54) is 0 Å². The number of carbonyl (C=O) groups is 2. The number of carboxylic acids is 1. The van der Waals surface area contributed by atoms with Crippen LogP contribution in [0.3, 0.4) is 0 Å². The number of piperidine rings is 1. The molecule has 0 aromatic heterocycles. The van der Waals surface area contributed by atoms with Gasteiger partial charge < -0.3 is 10.0 Å². The van der Waals surface area contributed by atoms with Crippen molar-refractivity contribution in [2.75, 3.05) is 13.1 Å². The van der Waals surface area contributed by atoms with E-state index in [0.29, 0.717) is 18.0 Å². The van der Waals surface area contributed by atoms with E-state index in [1.807, 2.05) is 32.0 Å². The van der Waals surface area contributed by atoms with Gasteiger partial charge in [0.25, 0.3) is 0 Å². The van der Waals surface area contributed by atoms with Crippen molar-refractivity contribution in [3.05, 3.63) is 34.9 Å². The molecule has 5 heteroatoms. The van der Waals surface area contributed by atoms with Crippen molar-refractivity contribution in [1.29, 1.82) is 0 Å². The van der Waals surface area contributed by atoms with E-state index in [0.717, 1.165) is 12.0 Å². The molecule has 0 unspecified atom stereocenters. The average molecular weight is 310 g/mol. The molecule has 0 radical (unpaired) electrons. The van der Waals surface area contributed by atoms with E-state index in [9.17, 15) is 9.59 Å². The lowest BCUT2D eigenvalue weighted by Gasteiger charge is -2.37. The third kappa shape index (κ3) is 3.21. The van der Waals surface area contributed by atoms with Gasteiger partial charge in [0, 0.05) is 18.1 Å². The van der Waals surface area contributed by atoms with Gasteiger partial charge in [-0.25, -0.2) is 0 Å². The van der Waals surface area contributed by atoms with Crippen LogP contribution in [0.4, 0.5) is 0 Å². The highest BCUT2D eigenvalue weighted by Gasteiger charge is 2.38. The second kappa shape index (κ2) is 6.06. The van der Waals surface area contributed by atoms with Crippen LogP contribution in [0.2, 0.25) is 5.02 Å². The summed E-state index contributed by atoms with van der Waals surface area (Å²) in [6.07, 6.45) is 1.35. The molecule has 1 fully saturated rings. The summed E-state index contributed by atoms with van der Waals surface area (Å²) in [5.74, 6) is -1.37. The number of amides is 1. The molecule has 0 spiro atoms. The van der Waals surface area contributed by atoms with Gasteiger partial charge in [0.2, 0.25) is 5.91 Å². The molecule has 1 heterocycles. The van der Waals surface area contributed by atoms with Crippen molar-refractivity contribution in [2.45, 2.75) is 32.1 Å². The van der Waals surface area contributed by atoms with Gasteiger partial charge in [-0.3, -0.25) is 9.59 Å². The van der Waals surface area contributed by atoms with Gasteiger partial charge in [0.15, 0.2) is 0 Å². The lowest BCUT2D eigenvalue weighted by Crippen LogP contribution is -2.49. The quantitative estimate of drug-likeness (QED) is 0.934. The minimum Gasteiger partial charge on any atom is -0.481 e. The van der Waals surface area contributed by atoms with Crippen molar-refractivity contribution >= 4 is 23.5 Å². The molecule has 4 nitrogen and oxygen atoms in total. The second-order valence-electron chi connectivity index (χ2n) is 6.03. The van der Waals surface area contributed by atoms with Gasteiger partial charge >= 0.3 is 5.97 Å². The molecule has 1 aromatic rings. The van der Waals surface area contributed by atoms with Crippen molar-refractivity contribution in [3.8, 4) is 0 Å². The fraction of sp³-hybridized carbons (Fsp3) is 0.500. The summed E-state index contributed by atoms with van der Waals surface area (Å²) in [6.45, 7) is 4.56. The third-order valence-electron chi connectivity index (χ3n) is 4.14. The van der Waals surface area contributed by atoms with Gasteiger partial charge in [0.05, 0.1) is 11.3 Å². The number of rotatable bonds is 3. The summed E-state index contributed by atoms with van der Waals surface area (Å²) < 4.78 is 0. The van der Waals surface area contributed by atoms with Crippen LogP contribution in [0.15, 0.2) is 24.3 Å². The van der Waals surface area contributed by atoms with E-state index >= 15 is 0 Å². The Morgan fingerprint density at radius 1 is 1.33 bits per heavy atom. The first kappa shape index (κ1) is 15.8. The molecule has 2 rings (SSSR count). The first-order chi connectivity index (χ1) is 9.84. The van der Waals surface area contributed by atoms with Crippen molar-refractivity contribution < 1.29 is 14.7 Å². The Bertz CT molecular complexity index is 556. The minimum atomic E-state index is -0.831. The van der Waals surface area contributed by atoms with E-state index in [1.54, 1.807) is 11.0 Å². The molecule has 0 bridgehead atoms. The number of benzene rings is 1. The lowest BCUT2D eigenvalue weighted by atomic mass is 9.82. The topological polar surface area (TPSA) is 57.6 Å². The molecule has 1 aromatic carbocycles. The van der Waals surface area contributed by atoms with Gasteiger partial charge in [-0.05, 0) is 38.3 Å². The zero-order valence-corrected chi connectivity index (χ0v) is 13.1. The molecule has 1 aliphatic heterocycles. The number of aliphatic carboxylic acids is 1. The Morgan fingerprint density at radius 2 is 2.00 bits per heavy atom. The van der Waals surface area contributed by atoms with E-state index in [4.69, 9.17) is 16.7 Å². The first-order valence-corrected chi connectivity index (χ1v) is 7.49. The number of likely N-dealkylation sites (tertiary alicyclic amines) is 1. The predicted molar refractivity (Wildman–Crippen MR) is 81.4 cm³/mol. The Labute approximate surface area is 129 Å². The zero-order chi connectivity index (χ0) is 15.6. The normalized spacial score (nSPS) is 19.4. The summed E-state index contributed by atoms with van der Waals surface area (Å²) in [5.41, 5.74) is 0.00719. The standard InChI is InChI=1S/C16H20ClNO3/c1-16(2,12-7-3-4-8-13(12)17)15(21)18-9-5-6-11(10-18)14(19)20/h3-4,7-8,11H,5-6,9-10H2,1-2H3,(H,19,20)/t11-/m0/s1. The summed E-state index contributed by atoms with van der Waals surface area (Å²) >= 11 is 6.21. The third-order valence-corrected chi connectivity index (χ3v) is 4.47. The monoisotopic (exact) mass is 309 g/mol. The van der Waals surface area contributed by atoms with Crippen LogP contribution in [0.1, 0.15) is 32.3 Å². The van der Waals surface area contributed by atoms with E-state index < -0.39 is 17.3 Å². The number of hydrogen-bond acceptors (Lipinski definition) is 2. The number of hydrogen-bond donors (Lipinski definition) is 1. The summed E-state index contributed by atoms with van der Waals surface area (Å²) in [5, 5.41) is 9.70. The molecule has 114 valence electrons. The SMILES string of the molecule is CC(C)(C(=O)N1CCC[C@H](C(=O)O)C1)c1ccccc1Cl. The van der Waals surface area contributed by atoms with Crippen LogP contribution >= 0.6 is 11.6 Å². The lowest BCUT2D eigenvalue weighted by molar-refractivity contribution is -0.147. The Kier molecular flexibility index (Phi) is 4.57. The van der Waals surface area contributed by atoms with Crippen molar-refractivity contribution in [3.63, 3.8) is 0 Å². The molecule has 1 atom stereocenters. The molecule has 0 aliphatic carbocycles. The maximum atomic E-state index is 12.8. The number of nitrogens with zero attached hydrogens (tertiary/aromatic N) is 1. The Morgan fingerprint density at radius 3 is 2.62 bits per heavy atom. The largest absolute Gasteiger partial charge is 0.481 e. The zero-order valence-electron chi connectivity index (χ0n) is 12.3. The second-order valence-corrected chi connectivity index (χ2v) is 6.44. The molecule has 0 saturated carbocycles. The molecular weight excluding hydrogens is 290 g/mol. The number of carboxylic acid groups (broad SMARTS) is 1. The van der Waals surface area contributed by atoms with Crippen LogP contribution < -0.4 is 0 Å². The molecular formula is C16H20ClNO3. The summed E-state index contributed by atoms with van der Waals surface area (Å²) in [6, 6.07) is 7.29. The predicted octanol–water partition coefficient (Wildman–Crippen LogP) is 2.94. The molecule has 1 saturated heterocycles. The highest BCUT2D eigenvalue weighted by Crippen LogP contribution is 2.32. The molecule has 21 heavy (non-hydrogen) atoms. The molecule has 1 aliphatic rings. The Balaban J connectivity index is 2.22. The maximum absolute atomic E-state index is 12.8. The van der Waals surface area contributed by atoms with Gasteiger partial charge in [0.1, 0.15) is 0 Å². The Hall–Kier alpha value is -1.55. The highest BCUT2D eigenvalue weighted by molar-refractivity contribution is 6.31.